The zero-order chi connectivity index (χ0) is 31.0. The van der Waals surface area contributed by atoms with Gasteiger partial charge < -0.3 is 19.3 Å². The highest BCUT2D eigenvalue weighted by Gasteiger charge is 2.44. The molecule has 2 fully saturated rings. The molecule has 2 saturated heterocycles. The summed E-state index contributed by atoms with van der Waals surface area (Å²) in [6.07, 6.45) is 1.87. The maximum atomic E-state index is 12.5. The minimum absolute atomic E-state index is 0. The van der Waals surface area contributed by atoms with Crippen LogP contribution in [0.1, 0.15) is 58.9 Å². The summed E-state index contributed by atoms with van der Waals surface area (Å²) >= 11 is 0. The van der Waals surface area contributed by atoms with E-state index < -0.39 is 24.8 Å². The molecule has 2 heterocycles. The van der Waals surface area contributed by atoms with E-state index in [-0.39, 0.29) is 24.3 Å². The van der Waals surface area contributed by atoms with Crippen LogP contribution in [0.4, 0.5) is 0 Å². The summed E-state index contributed by atoms with van der Waals surface area (Å²) in [5, 5.41) is 0. The lowest BCUT2D eigenvalue weighted by Gasteiger charge is -2.38. The van der Waals surface area contributed by atoms with E-state index in [0.717, 1.165) is 11.1 Å². The Bertz CT molecular complexity index is 1060. The molecule has 7 heteroatoms. The first kappa shape index (κ1) is 22.6. The van der Waals surface area contributed by atoms with Gasteiger partial charge in [-0.2, -0.15) is 0 Å². The van der Waals surface area contributed by atoms with Crippen molar-refractivity contribution >= 4 is 24.3 Å². The molecule has 2 aliphatic rings. The second-order valence-electron chi connectivity index (χ2n) is 9.31. The third-order valence-corrected chi connectivity index (χ3v) is 7.22. The van der Waals surface area contributed by atoms with Gasteiger partial charge in [0.25, 0.3) is 0 Å². The summed E-state index contributed by atoms with van der Waals surface area (Å²) in [6.45, 7) is 1.49. The summed E-state index contributed by atoms with van der Waals surface area (Å²) in [6, 6.07) is 19.1. The van der Waals surface area contributed by atoms with Crippen LogP contribution >= 0.6 is 12.4 Å². The van der Waals surface area contributed by atoms with Crippen molar-refractivity contribution in [3.05, 3.63) is 71.8 Å². The van der Waals surface area contributed by atoms with Crippen LogP contribution in [0.15, 0.2) is 60.7 Å². The fourth-order valence-electron chi connectivity index (χ4n) is 5.05. The Morgan fingerprint density at radius 2 is 1.03 bits per heavy atom. The summed E-state index contributed by atoms with van der Waals surface area (Å²) in [7, 11) is 0. The zero-order valence-electron chi connectivity index (χ0n) is 27.8. The molecule has 0 unspecified atom stereocenters. The van der Waals surface area contributed by atoms with Gasteiger partial charge in [0.15, 0.2) is 0 Å². The van der Waals surface area contributed by atoms with Gasteiger partial charge in [-0.1, -0.05) is 60.7 Å². The molecule has 204 valence electrons. The van der Waals surface area contributed by atoms with E-state index >= 15 is 0 Å². The van der Waals surface area contributed by atoms with Crippen molar-refractivity contribution in [3.63, 3.8) is 0 Å². The number of carbonyl (C=O) groups is 2. The molecule has 0 aromatic heterocycles. The second kappa shape index (κ2) is 14.5. The van der Waals surface area contributed by atoms with E-state index in [1.807, 2.05) is 60.7 Å². The summed E-state index contributed by atoms with van der Waals surface area (Å²) < 4.78 is 55.5. The van der Waals surface area contributed by atoms with E-state index in [9.17, 15) is 9.59 Å². The van der Waals surface area contributed by atoms with E-state index in [4.69, 9.17) is 17.7 Å². The lowest BCUT2D eigenvalue weighted by atomic mass is 9.73. The molecule has 4 rings (SSSR count). The van der Waals surface area contributed by atoms with Crippen molar-refractivity contribution in [1.82, 2.24) is 9.80 Å². The van der Waals surface area contributed by atoms with Crippen molar-refractivity contribution < 1.29 is 27.3 Å². The molecule has 2 aromatic rings. The number of esters is 2. The van der Waals surface area contributed by atoms with Crippen molar-refractivity contribution in [2.75, 3.05) is 53.3 Å². The first-order valence-corrected chi connectivity index (χ1v) is 12.8. The molecular weight excluding hydrogens is 488 g/mol. The van der Waals surface area contributed by atoms with E-state index in [0.29, 0.717) is 65.1 Å². The maximum Gasteiger partial charge on any atom is 0.316 e. The van der Waals surface area contributed by atoms with Crippen molar-refractivity contribution in [3.8, 4) is 0 Å². The van der Waals surface area contributed by atoms with E-state index in [2.05, 4.69) is 0 Å². The number of likely N-dealkylation sites (tertiary alicyclic amines) is 2. The molecular formula is C30H43ClN2O4. The van der Waals surface area contributed by atoms with Crippen LogP contribution in [0, 0.1) is 0 Å². The maximum absolute atomic E-state index is 12.5. The quantitative estimate of drug-likeness (QED) is 0.492. The van der Waals surface area contributed by atoms with E-state index in [1.54, 1.807) is 13.8 Å². The largest absolute Gasteiger partial charge is 0.465 e. The number of hydrogen-bond donors (Lipinski definition) is 0. The zero-order valence-corrected chi connectivity index (χ0v) is 22.6. The third kappa shape index (κ3) is 7.34. The van der Waals surface area contributed by atoms with Crippen molar-refractivity contribution in [2.45, 2.75) is 50.4 Å². The molecule has 2 aromatic carbocycles. The van der Waals surface area contributed by atoms with Gasteiger partial charge in [-0.15, -0.1) is 12.4 Å². The monoisotopic (exact) mass is 536 g/mol. The molecule has 0 N–H and O–H groups in total. The van der Waals surface area contributed by atoms with Gasteiger partial charge in [0.2, 0.25) is 0 Å². The fourth-order valence-corrected chi connectivity index (χ4v) is 5.05. The molecule has 0 atom stereocenters. The Balaban J connectivity index is 0.000000293. The summed E-state index contributed by atoms with van der Waals surface area (Å²) in [4.78, 5) is 27.9. The fraction of sp³-hybridized carbons (Fsp3) is 0.533. The van der Waals surface area contributed by atoms with Crippen LogP contribution in [0.25, 0.3) is 0 Å². The van der Waals surface area contributed by atoms with Crippen molar-refractivity contribution in [1.29, 1.82) is 0 Å². The molecule has 0 radical (unpaired) electrons. The number of carbonyl (C=O) groups excluding carboxylic acids is 2. The van der Waals surface area contributed by atoms with Gasteiger partial charge in [-0.05, 0) is 90.8 Å². The van der Waals surface area contributed by atoms with Gasteiger partial charge >= 0.3 is 11.9 Å². The summed E-state index contributed by atoms with van der Waals surface area (Å²) in [5.41, 5.74) is 0.375. The molecule has 0 amide bonds. The average Bonchev–Trinajstić information content (AvgIpc) is 2.98. The molecule has 0 saturated carbocycles. The minimum Gasteiger partial charge on any atom is -0.465 e. The van der Waals surface area contributed by atoms with Gasteiger partial charge in [-0.3, -0.25) is 9.59 Å². The Kier molecular flexibility index (Phi) is 8.85. The Morgan fingerprint density at radius 3 is 1.30 bits per heavy atom. The highest BCUT2D eigenvalue weighted by Crippen LogP contribution is 2.37. The number of halogens is 1. The number of ether oxygens (including phenoxy) is 2. The van der Waals surface area contributed by atoms with Gasteiger partial charge in [0.1, 0.15) is 0 Å². The number of nitrogens with zero attached hydrogens (tertiary/aromatic N) is 2. The molecule has 0 spiro atoms. The Hall–Kier alpha value is -2.41. The highest BCUT2D eigenvalue weighted by atomic mass is 35.5. The molecule has 0 bridgehead atoms. The SMILES string of the molecule is Cl.[2H]C([2H])([2H])N1CCC(C(=O)OCC)(c2ccccc2)CC1.[2H]C([2H])([2H])N1CCC(C(=O)OCC)(c2ccccc2)CC1. The summed E-state index contributed by atoms with van der Waals surface area (Å²) in [5.74, 6) is -0.497. The minimum atomic E-state index is -2.10. The second-order valence-corrected chi connectivity index (χ2v) is 9.31. The van der Waals surface area contributed by atoms with Crippen LogP contribution in [0.3, 0.4) is 0 Å². The van der Waals surface area contributed by atoms with Gasteiger partial charge in [0, 0.05) is 8.22 Å². The van der Waals surface area contributed by atoms with Crippen LogP contribution < -0.4 is 0 Å². The third-order valence-electron chi connectivity index (χ3n) is 7.22. The molecule has 37 heavy (non-hydrogen) atoms. The van der Waals surface area contributed by atoms with Crippen LogP contribution in [-0.4, -0.2) is 75.1 Å². The van der Waals surface area contributed by atoms with Crippen LogP contribution in [0.5, 0.6) is 0 Å². The lowest BCUT2D eigenvalue weighted by Crippen LogP contribution is -2.47. The first-order valence-electron chi connectivity index (χ1n) is 15.8. The highest BCUT2D eigenvalue weighted by molar-refractivity contribution is 5.85. The average molecular weight is 537 g/mol. The van der Waals surface area contributed by atoms with Gasteiger partial charge in [0.05, 0.1) is 24.0 Å². The predicted octanol–water partition coefficient (Wildman–Crippen LogP) is 4.85. The number of rotatable bonds is 6. The predicted molar refractivity (Wildman–Crippen MR) is 150 cm³/mol. The van der Waals surface area contributed by atoms with Crippen molar-refractivity contribution in [2.24, 2.45) is 0 Å². The molecule has 6 nitrogen and oxygen atoms in total. The molecule has 2 aliphatic heterocycles. The Labute approximate surface area is 237 Å². The first-order chi connectivity index (χ1) is 19.8. The lowest BCUT2D eigenvalue weighted by molar-refractivity contribution is -0.153. The Morgan fingerprint density at radius 1 is 0.703 bits per heavy atom. The normalized spacial score (nSPS) is 22.0. The topological polar surface area (TPSA) is 59.1 Å². The standard InChI is InChI=1S/2C15H21NO2.ClH/c2*1-3-18-14(17)15(9-11-16(2)12-10-15)13-7-5-4-6-8-13;/h2*4-8H,3,9-12H2,1-2H3;1H/i2*2D3;. The van der Waals surface area contributed by atoms with Crippen LogP contribution in [-0.2, 0) is 29.9 Å². The van der Waals surface area contributed by atoms with E-state index in [1.165, 1.54) is 9.80 Å². The smallest absolute Gasteiger partial charge is 0.316 e. The molecule has 0 aliphatic carbocycles. The number of hydrogen-bond acceptors (Lipinski definition) is 6. The van der Waals surface area contributed by atoms with Crippen LogP contribution in [0.2, 0.25) is 0 Å². The number of piperidine rings is 2. The number of benzene rings is 2. The van der Waals surface area contributed by atoms with Gasteiger partial charge in [-0.25, -0.2) is 0 Å².